The second kappa shape index (κ2) is 6.06. The number of nitrogens with two attached hydrogens (primary N) is 1. The fourth-order valence-corrected chi connectivity index (χ4v) is 2.47. The summed E-state index contributed by atoms with van der Waals surface area (Å²) in [6.45, 7) is 6.84. The molecule has 0 heterocycles. The number of benzene rings is 2. The molecule has 0 aromatic heterocycles. The molecule has 2 nitrogen and oxygen atoms in total. The summed E-state index contributed by atoms with van der Waals surface area (Å²) in [5.41, 5.74) is 10.8. The molecule has 0 saturated heterocycles. The third-order valence-electron chi connectivity index (χ3n) is 3.36. The van der Waals surface area contributed by atoms with Gasteiger partial charge in [0.05, 0.1) is 0 Å². The van der Waals surface area contributed by atoms with E-state index < -0.39 is 0 Å². The average molecular weight is 273 g/mol. The Bertz CT molecular complexity index is 599. The lowest BCUT2D eigenvalue weighted by atomic mass is 10.1. The van der Waals surface area contributed by atoms with Gasteiger partial charge in [0.15, 0.2) is 0 Å². The Morgan fingerprint density at radius 2 is 1.65 bits per heavy atom. The Morgan fingerprint density at radius 1 is 1.00 bits per heavy atom. The number of halogens is 1. The van der Waals surface area contributed by atoms with Gasteiger partial charge in [-0.1, -0.05) is 23.8 Å². The summed E-state index contributed by atoms with van der Waals surface area (Å²) in [6.07, 6.45) is 0. The second-order valence-electron chi connectivity index (χ2n) is 5.13. The van der Waals surface area contributed by atoms with Crippen LogP contribution in [0.1, 0.15) is 27.8 Å². The van der Waals surface area contributed by atoms with Crippen molar-refractivity contribution in [2.24, 2.45) is 5.73 Å². The standard InChI is InChI=1S/C17H20FNO/c1-11-6-12(2)17(13(3)7-11)20-10-14-4-5-16(18)8-15(14)9-19/h4-8H,9-10,19H2,1-3H3. The average Bonchev–Trinajstić information content (AvgIpc) is 2.38. The van der Waals surface area contributed by atoms with E-state index in [0.29, 0.717) is 13.2 Å². The maximum atomic E-state index is 13.2. The van der Waals surface area contributed by atoms with Crippen molar-refractivity contribution in [2.45, 2.75) is 33.9 Å². The first-order valence-electron chi connectivity index (χ1n) is 6.69. The lowest BCUT2D eigenvalue weighted by Crippen LogP contribution is -2.06. The van der Waals surface area contributed by atoms with Crippen LogP contribution in [0.25, 0.3) is 0 Å². The molecule has 3 heteroatoms. The van der Waals surface area contributed by atoms with E-state index in [1.807, 2.05) is 13.8 Å². The zero-order valence-corrected chi connectivity index (χ0v) is 12.2. The van der Waals surface area contributed by atoms with Crippen molar-refractivity contribution >= 4 is 0 Å². The van der Waals surface area contributed by atoms with Gasteiger partial charge >= 0.3 is 0 Å². The van der Waals surface area contributed by atoms with Gasteiger partial charge < -0.3 is 10.5 Å². The summed E-state index contributed by atoms with van der Waals surface area (Å²) in [5, 5.41) is 0. The number of hydrogen-bond acceptors (Lipinski definition) is 2. The van der Waals surface area contributed by atoms with Crippen molar-refractivity contribution in [3.63, 3.8) is 0 Å². The molecule has 2 aromatic carbocycles. The van der Waals surface area contributed by atoms with Crippen molar-refractivity contribution in [3.8, 4) is 5.75 Å². The van der Waals surface area contributed by atoms with Crippen LogP contribution in [0, 0.1) is 26.6 Å². The minimum Gasteiger partial charge on any atom is -0.488 e. The van der Waals surface area contributed by atoms with Crippen molar-refractivity contribution in [2.75, 3.05) is 0 Å². The Morgan fingerprint density at radius 3 is 2.25 bits per heavy atom. The van der Waals surface area contributed by atoms with Gasteiger partial charge in [0.1, 0.15) is 18.2 Å². The normalized spacial score (nSPS) is 10.7. The maximum Gasteiger partial charge on any atom is 0.125 e. The quantitative estimate of drug-likeness (QED) is 0.920. The van der Waals surface area contributed by atoms with Crippen LogP contribution in [0.4, 0.5) is 4.39 Å². The van der Waals surface area contributed by atoms with Crippen molar-refractivity contribution in [1.82, 2.24) is 0 Å². The molecule has 0 aliphatic heterocycles. The number of ether oxygens (including phenoxy) is 1. The largest absolute Gasteiger partial charge is 0.488 e. The van der Waals surface area contributed by atoms with E-state index in [9.17, 15) is 4.39 Å². The van der Waals surface area contributed by atoms with Crippen LogP contribution in [0.3, 0.4) is 0 Å². The highest BCUT2D eigenvalue weighted by molar-refractivity contribution is 5.43. The topological polar surface area (TPSA) is 35.2 Å². The Balaban J connectivity index is 2.21. The third kappa shape index (κ3) is 3.17. The molecule has 0 amide bonds. The molecule has 2 aromatic rings. The number of aryl methyl sites for hydroxylation is 3. The highest BCUT2D eigenvalue weighted by atomic mass is 19.1. The van der Waals surface area contributed by atoms with Gasteiger partial charge in [-0.2, -0.15) is 0 Å². The lowest BCUT2D eigenvalue weighted by molar-refractivity contribution is 0.300. The van der Waals surface area contributed by atoms with Crippen LogP contribution in [0.5, 0.6) is 5.75 Å². The molecule has 0 fully saturated rings. The van der Waals surface area contributed by atoms with E-state index >= 15 is 0 Å². The molecular weight excluding hydrogens is 253 g/mol. The second-order valence-corrected chi connectivity index (χ2v) is 5.13. The van der Waals surface area contributed by atoms with Crippen LogP contribution in [0.15, 0.2) is 30.3 Å². The lowest BCUT2D eigenvalue weighted by Gasteiger charge is -2.15. The zero-order valence-electron chi connectivity index (χ0n) is 12.2. The molecule has 2 rings (SSSR count). The molecule has 20 heavy (non-hydrogen) atoms. The highest BCUT2D eigenvalue weighted by Gasteiger charge is 2.08. The Labute approximate surface area is 119 Å². The van der Waals surface area contributed by atoms with Crippen molar-refractivity contribution < 1.29 is 9.13 Å². The smallest absolute Gasteiger partial charge is 0.125 e. The van der Waals surface area contributed by atoms with Gasteiger partial charge in [-0.05, 0) is 55.2 Å². The van der Waals surface area contributed by atoms with Crippen LogP contribution >= 0.6 is 0 Å². The molecule has 0 aliphatic carbocycles. The molecule has 0 aliphatic rings. The maximum absolute atomic E-state index is 13.2. The van der Waals surface area contributed by atoms with E-state index in [1.54, 1.807) is 6.07 Å². The van der Waals surface area contributed by atoms with Gasteiger partial charge in [0.2, 0.25) is 0 Å². The first kappa shape index (κ1) is 14.5. The molecule has 0 saturated carbocycles. The van der Waals surface area contributed by atoms with Crippen LogP contribution < -0.4 is 10.5 Å². The van der Waals surface area contributed by atoms with Gasteiger partial charge in [0, 0.05) is 6.54 Å². The molecule has 0 bridgehead atoms. The van der Waals surface area contributed by atoms with Gasteiger partial charge in [-0.3, -0.25) is 0 Å². The van der Waals surface area contributed by atoms with Gasteiger partial charge in [-0.15, -0.1) is 0 Å². The molecule has 0 radical (unpaired) electrons. The van der Waals surface area contributed by atoms with Crippen LogP contribution in [-0.2, 0) is 13.2 Å². The van der Waals surface area contributed by atoms with E-state index in [1.165, 1.54) is 17.7 Å². The first-order chi connectivity index (χ1) is 9.51. The molecule has 2 N–H and O–H groups in total. The molecule has 106 valence electrons. The highest BCUT2D eigenvalue weighted by Crippen LogP contribution is 2.26. The Kier molecular flexibility index (Phi) is 4.40. The molecule has 0 unspecified atom stereocenters. The molecule has 0 atom stereocenters. The predicted molar refractivity (Wildman–Crippen MR) is 79.3 cm³/mol. The van der Waals surface area contributed by atoms with E-state index in [2.05, 4.69) is 19.1 Å². The monoisotopic (exact) mass is 273 g/mol. The summed E-state index contributed by atoms with van der Waals surface area (Å²) >= 11 is 0. The van der Waals surface area contributed by atoms with Gasteiger partial charge in [0.25, 0.3) is 0 Å². The van der Waals surface area contributed by atoms with E-state index in [0.717, 1.165) is 28.0 Å². The van der Waals surface area contributed by atoms with E-state index in [-0.39, 0.29) is 5.82 Å². The molecular formula is C17H20FNO. The van der Waals surface area contributed by atoms with Crippen LogP contribution in [0.2, 0.25) is 0 Å². The van der Waals surface area contributed by atoms with Crippen molar-refractivity contribution in [1.29, 1.82) is 0 Å². The van der Waals surface area contributed by atoms with Gasteiger partial charge in [-0.25, -0.2) is 4.39 Å². The fraction of sp³-hybridized carbons (Fsp3) is 0.294. The Hall–Kier alpha value is -1.87. The fourth-order valence-electron chi connectivity index (χ4n) is 2.47. The number of rotatable bonds is 4. The summed E-state index contributed by atoms with van der Waals surface area (Å²) < 4.78 is 19.1. The summed E-state index contributed by atoms with van der Waals surface area (Å²) in [5.74, 6) is 0.625. The van der Waals surface area contributed by atoms with Crippen molar-refractivity contribution in [3.05, 3.63) is 64.0 Å². The number of hydrogen-bond donors (Lipinski definition) is 1. The molecule has 0 spiro atoms. The zero-order chi connectivity index (χ0) is 14.7. The predicted octanol–water partition coefficient (Wildman–Crippen LogP) is 3.79. The minimum atomic E-state index is -0.267. The first-order valence-corrected chi connectivity index (χ1v) is 6.69. The van der Waals surface area contributed by atoms with Crippen LogP contribution in [-0.4, -0.2) is 0 Å². The third-order valence-corrected chi connectivity index (χ3v) is 3.36. The summed E-state index contributed by atoms with van der Waals surface area (Å²) in [7, 11) is 0. The summed E-state index contributed by atoms with van der Waals surface area (Å²) in [6, 6.07) is 8.82. The SMILES string of the molecule is Cc1cc(C)c(OCc2ccc(F)cc2CN)c(C)c1. The van der Waals surface area contributed by atoms with E-state index in [4.69, 9.17) is 10.5 Å². The summed E-state index contributed by atoms with van der Waals surface area (Å²) in [4.78, 5) is 0. The minimum absolute atomic E-state index is 0.267.